The Balaban J connectivity index is 1.52. The van der Waals surface area contributed by atoms with E-state index in [0.717, 1.165) is 10.8 Å². The molecular weight excluding hydrogens is 375 g/mol. The van der Waals surface area contributed by atoms with Gasteiger partial charge >= 0.3 is 0 Å². The molecule has 2 N–H and O–H groups in total. The smallest absolute Gasteiger partial charge is 0.276 e. The number of amides is 2. The van der Waals surface area contributed by atoms with Crippen LogP contribution in [0.1, 0.15) is 10.4 Å². The van der Waals surface area contributed by atoms with Crippen LogP contribution in [-0.2, 0) is 4.79 Å². The summed E-state index contributed by atoms with van der Waals surface area (Å²) in [6.45, 7) is -0.243. The first-order valence-electron chi connectivity index (χ1n) is 7.69. The van der Waals surface area contributed by atoms with Gasteiger partial charge in [0.05, 0.1) is 10.6 Å². The molecule has 0 fully saturated rings. The van der Waals surface area contributed by atoms with Crippen LogP contribution in [0, 0.1) is 0 Å². The molecule has 0 aliphatic carbocycles. The molecule has 3 aromatic rings. The quantitative estimate of drug-likeness (QED) is 0.664. The van der Waals surface area contributed by atoms with Crippen molar-refractivity contribution in [1.29, 1.82) is 0 Å². The van der Waals surface area contributed by atoms with Gasteiger partial charge in [0, 0.05) is 5.02 Å². The van der Waals surface area contributed by atoms with E-state index >= 15 is 0 Å². The summed E-state index contributed by atoms with van der Waals surface area (Å²) in [4.78, 5) is 23.9. The minimum absolute atomic E-state index is 0.191. The van der Waals surface area contributed by atoms with E-state index in [1.807, 2.05) is 36.4 Å². The van der Waals surface area contributed by atoms with E-state index in [4.69, 9.17) is 27.9 Å². The van der Waals surface area contributed by atoms with Crippen LogP contribution >= 0.6 is 23.2 Å². The van der Waals surface area contributed by atoms with Crippen LogP contribution in [0.4, 0.5) is 0 Å². The van der Waals surface area contributed by atoms with Gasteiger partial charge in [-0.3, -0.25) is 20.4 Å². The van der Waals surface area contributed by atoms with E-state index in [1.54, 1.807) is 6.07 Å². The molecule has 0 atom stereocenters. The third-order valence-electron chi connectivity index (χ3n) is 3.58. The molecule has 0 saturated carbocycles. The second-order valence-electron chi connectivity index (χ2n) is 5.42. The zero-order valence-corrected chi connectivity index (χ0v) is 15.0. The molecule has 3 aromatic carbocycles. The van der Waals surface area contributed by atoms with Crippen LogP contribution in [-0.4, -0.2) is 18.4 Å². The summed E-state index contributed by atoms with van der Waals surface area (Å²) in [6, 6.07) is 17.8. The average Bonchev–Trinajstić information content (AvgIpc) is 2.64. The average molecular weight is 389 g/mol. The SMILES string of the molecule is O=C(COc1ccc2ccccc2c1)NNC(=O)c1ccc(Cl)cc1Cl. The van der Waals surface area contributed by atoms with Crippen LogP contribution in [0.5, 0.6) is 5.75 Å². The van der Waals surface area contributed by atoms with Crippen molar-refractivity contribution < 1.29 is 14.3 Å². The molecule has 0 heterocycles. The molecule has 0 unspecified atom stereocenters. The van der Waals surface area contributed by atoms with Crippen molar-refractivity contribution in [2.75, 3.05) is 6.61 Å². The molecule has 5 nitrogen and oxygen atoms in total. The minimum atomic E-state index is -0.550. The van der Waals surface area contributed by atoms with Crippen molar-refractivity contribution in [1.82, 2.24) is 10.9 Å². The zero-order valence-electron chi connectivity index (χ0n) is 13.5. The normalized spacial score (nSPS) is 10.4. The predicted octanol–water partition coefficient (Wildman–Crippen LogP) is 3.99. The molecule has 7 heteroatoms. The summed E-state index contributed by atoms with van der Waals surface area (Å²) in [7, 11) is 0. The number of nitrogens with one attached hydrogen (secondary N) is 2. The van der Waals surface area contributed by atoms with Gasteiger partial charge in [0.1, 0.15) is 5.75 Å². The number of ether oxygens (including phenoxy) is 1. The topological polar surface area (TPSA) is 67.4 Å². The lowest BCUT2D eigenvalue weighted by atomic mass is 10.1. The van der Waals surface area contributed by atoms with Gasteiger partial charge in [-0.15, -0.1) is 0 Å². The number of hydrogen-bond donors (Lipinski definition) is 2. The lowest BCUT2D eigenvalue weighted by Gasteiger charge is -2.10. The first-order valence-corrected chi connectivity index (χ1v) is 8.44. The van der Waals surface area contributed by atoms with Gasteiger partial charge in [0.15, 0.2) is 6.61 Å². The van der Waals surface area contributed by atoms with Crippen LogP contribution in [0.15, 0.2) is 60.7 Å². The van der Waals surface area contributed by atoms with E-state index in [1.165, 1.54) is 18.2 Å². The molecule has 0 saturated heterocycles. The van der Waals surface area contributed by atoms with Gasteiger partial charge in [-0.1, -0.05) is 53.5 Å². The van der Waals surface area contributed by atoms with E-state index in [-0.39, 0.29) is 17.2 Å². The van der Waals surface area contributed by atoms with Gasteiger partial charge in [0.25, 0.3) is 11.8 Å². The monoisotopic (exact) mass is 388 g/mol. The van der Waals surface area contributed by atoms with E-state index in [9.17, 15) is 9.59 Å². The Morgan fingerprint density at radius 1 is 0.885 bits per heavy atom. The standard InChI is InChI=1S/C19H14Cl2N2O3/c20-14-6-8-16(17(21)10-14)19(25)23-22-18(24)11-26-15-7-5-12-3-1-2-4-13(12)9-15/h1-10H,11H2,(H,22,24)(H,23,25). The molecule has 0 spiro atoms. The summed E-state index contributed by atoms with van der Waals surface area (Å²) in [5.74, 6) is -0.492. The van der Waals surface area contributed by atoms with Gasteiger partial charge in [-0.2, -0.15) is 0 Å². The highest BCUT2D eigenvalue weighted by Gasteiger charge is 2.12. The highest BCUT2D eigenvalue weighted by Crippen LogP contribution is 2.21. The molecule has 26 heavy (non-hydrogen) atoms. The van der Waals surface area contributed by atoms with Crippen LogP contribution in [0.25, 0.3) is 10.8 Å². The maximum atomic E-state index is 12.0. The van der Waals surface area contributed by atoms with Crippen molar-refractivity contribution in [2.45, 2.75) is 0 Å². The third kappa shape index (κ3) is 4.45. The summed E-state index contributed by atoms with van der Waals surface area (Å²) >= 11 is 11.7. The first kappa shape index (κ1) is 18.0. The maximum absolute atomic E-state index is 12.0. The fourth-order valence-electron chi connectivity index (χ4n) is 2.31. The fraction of sp³-hybridized carbons (Fsp3) is 0.0526. The van der Waals surface area contributed by atoms with Gasteiger partial charge in [-0.25, -0.2) is 0 Å². The van der Waals surface area contributed by atoms with Crippen LogP contribution in [0.2, 0.25) is 10.0 Å². The van der Waals surface area contributed by atoms with Crippen molar-refractivity contribution in [2.24, 2.45) is 0 Å². The number of fused-ring (bicyclic) bond motifs is 1. The Bertz CT molecular complexity index is 976. The number of rotatable bonds is 4. The van der Waals surface area contributed by atoms with E-state index < -0.39 is 11.8 Å². The number of hydrogen-bond acceptors (Lipinski definition) is 3. The largest absolute Gasteiger partial charge is 0.484 e. The van der Waals surface area contributed by atoms with Gasteiger partial charge < -0.3 is 4.74 Å². The maximum Gasteiger partial charge on any atom is 0.276 e. The third-order valence-corrected chi connectivity index (χ3v) is 4.13. The summed E-state index contributed by atoms with van der Waals surface area (Å²) in [5.41, 5.74) is 4.75. The summed E-state index contributed by atoms with van der Waals surface area (Å²) < 4.78 is 5.45. The minimum Gasteiger partial charge on any atom is -0.484 e. The molecule has 0 radical (unpaired) electrons. The van der Waals surface area contributed by atoms with E-state index in [0.29, 0.717) is 10.8 Å². The molecular formula is C19H14Cl2N2O3. The highest BCUT2D eigenvalue weighted by molar-refractivity contribution is 6.36. The lowest BCUT2D eigenvalue weighted by Crippen LogP contribution is -2.43. The van der Waals surface area contributed by atoms with Crippen molar-refractivity contribution >= 4 is 45.8 Å². The Morgan fingerprint density at radius 2 is 1.65 bits per heavy atom. The first-order chi connectivity index (χ1) is 12.5. The predicted molar refractivity (Wildman–Crippen MR) is 102 cm³/mol. The summed E-state index contributed by atoms with van der Waals surface area (Å²) in [5, 5.41) is 2.70. The Morgan fingerprint density at radius 3 is 2.42 bits per heavy atom. The number of hydrazine groups is 1. The molecule has 3 rings (SSSR count). The van der Waals surface area contributed by atoms with Gasteiger partial charge in [0.2, 0.25) is 0 Å². The molecule has 0 aliphatic heterocycles. The Labute approximate surface area is 159 Å². The lowest BCUT2D eigenvalue weighted by molar-refractivity contribution is -0.123. The van der Waals surface area contributed by atoms with Crippen molar-refractivity contribution in [3.63, 3.8) is 0 Å². The fourth-order valence-corrected chi connectivity index (χ4v) is 2.80. The molecule has 0 aliphatic rings. The number of carbonyl (C=O) groups is 2. The Kier molecular flexibility index (Phi) is 5.61. The van der Waals surface area contributed by atoms with Crippen molar-refractivity contribution in [3.05, 3.63) is 76.3 Å². The number of carbonyl (C=O) groups excluding carboxylic acids is 2. The Hall–Kier alpha value is -2.76. The molecule has 2 amide bonds. The zero-order chi connectivity index (χ0) is 18.5. The second-order valence-corrected chi connectivity index (χ2v) is 6.27. The van der Waals surface area contributed by atoms with Crippen molar-refractivity contribution in [3.8, 4) is 5.75 Å². The molecule has 132 valence electrons. The number of halogens is 2. The second kappa shape index (κ2) is 8.08. The molecule has 0 aromatic heterocycles. The van der Waals surface area contributed by atoms with Crippen LogP contribution in [0.3, 0.4) is 0 Å². The highest BCUT2D eigenvalue weighted by atomic mass is 35.5. The summed E-state index contributed by atoms with van der Waals surface area (Å²) in [6.07, 6.45) is 0. The number of benzene rings is 3. The van der Waals surface area contributed by atoms with E-state index in [2.05, 4.69) is 10.9 Å². The van der Waals surface area contributed by atoms with Gasteiger partial charge in [-0.05, 0) is 41.1 Å². The van der Waals surface area contributed by atoms with Crippen LogP contribution < -0.4 is 15.6 Å². The molecule has 0 bridgehead atoms.